The molecule has 1 N–H and O–H groups in total. The molecule has 3 rings (SSSR count). The van der Waals surface area contributed by atoms with E-state index in [0.717, 1.165) is 43.7 Å². The molecule has 2 saturated heterocycles. The largest absolute Gasteiger partial charge is 0.493 e. The maximum Gasteiger partial charge on any atom is 0.226 e. The molecule has 120 valence electrons. The number of aryl methyl sites for hydroxylation is 1. The molecule has 2 fully saturated rings. The maximum atomic E-state index is 12.6. The molecule has 2 atom stereocenters. The number of amides is 1. The van der Waals surface area contributed by atoms with Gasteiger partial charge in [-0.05, 0) is 56.8 Å². The SMILES string of the molecule is Cc1cccc(OCCC(=O)N2C3CCNCC2CC3)c1C. The quantitative estimate of drug-likeness (QED) is 0.929. The summed E-state index contributed by atoms with van der Waals surface area (Å²) < 4.78 is 5.84. The zero-order valence-corrected chi connectivity index (χ0v) is 13.6. The highest BCUT2D eigenvalue weighted by atomic mass is 16.5. The summed E-state index contributed by atoms with van der Waals surface area (Å²) in [5.41, 5.74) is 2.38. The van der Waals surface area contributed by atoms with Gasteiger partial charge in [-0.15, -0.1) is 0 Å². The lowest BCUT2D eigenvalue weighted by Crippen LogP contribution is -2.42. The molecule has 0 radical (unpaired) electrons. The minimum Gasteiger partial charge on any atom is -0.493 e. The molecule has 0 spiro atoms. The van der Waals surface area contributed by atoms with E-state index < -0.39 is 0 Å². The first-order chi connectivity index (χ1) is 10.7. The number of nitrogens with one attached hydrogen (secondary N) is 1. The minimum absolute atomic E-state index is 0.251. The van der Waals surface area contributed by atoms with Gasteiger partial charge < -0.3 is 15.0 Å². The van der Waals surface area contributed by atoms with Crippen LogP contribution >= 0.6 is 0 Å². The standard InChI is InChI=1S/C18H26N2O2/c1-13-4-3-5-17(14(13)2)22-11-9-18(21)20-15-6-7-16(20)12-19-10-8-15/h3-5,15-16,19H,6-12H2,1-2H3. The van der Waals surface area contributed by atoms with Gasteiger partial charge in [0.15, 0.2) is 0 Å². The van der Waals surface area contributed by atoms with Crippen LogP contribution < -0.4 is 10.1 Å². The number of benzene rings is 1. The van der Waals surface area contributed by atoms with E-state index in [2.05, 4.69) is 30.1 Å². The van der Waals surface area contributed by atoms with E-state index in [0.29, 0.717) is 25.1 Å². The Balaban J connectivity index is 1.55. The van der Waals surface area contributed by atoms with E-state index in [1.54, 1.807) is 0 Å². The highest BCUT2D eigenvalue weighted by Crippen LogP contribution is 2.28. The Labute approximate surface area is 132 Å². The Hall–Kier alpha value is -1.55. The van der Waals surface area contributed by atoms with E-state index in [4.69, 9.17) is 4.74 Å². The summed E-state index contributed by atoms with van der Waals surface area (Å²) in [5, 5.41) is 3.43. The normalized spacial score (nSPS) is 24.2. The second-order valence-electron chi connectivity index (χ2n) is 6.48. The number of hydrogen-bond donors (Lipinski definition) is 1. The first kappa shape index (κ1) is 15.3. The average Bonchev–Trinajstić information content (AvgIpc) is 2.76. The van der Waals surface area contributed by atoms with E-state index >= 15 is 0 Å². The fourth-order valence-corrected chi connectivity index (χ4v) is 3.65. The summed E-state index contributed by atoms with van der Waals surface area (Å²) in [7, 11) is 0. The molecule has 1 amide bonds. The lowest BCUT2D eigenvalue weighted by Gasteiger charge is -2.28. The Morgan fingerprint density at radius 3 is 2.95 bits per heavy atom. The van der Waals surface area contributed by atoms with Crippen LogP contribution in [0, 0.1) is 13.8 Å². The van der Waals surface area contributed by atoms with Crippen molar-refractivity contribution in [2.45, 2.75) is 51.6 Å². The number of ether oxygens (including phenoxy) is 1. The second kappa shape index (κ2) is 6.69. The van der Waals surface area contributed by atoms with Crippen molar-refractivity contribution in [1.82, 2.24) is 10.2 Å². The molecule has 4 heteroatoms. The molecule has 2 aliphatic heterocycles. The van der Waals surface area contributed by atoms with Crippen molar-refractivity contribution in [3.05, 3.63) is 29.3 Å². The summed E-state index contributed by atoms with van der Waals surface area (Å²) >= 11 is 0. The molecule has 1 aromatic carbocycles. The highest BCUT2D eigenvalue weighted by Gasteiger charge is 2.37. The Bertz CT molecular complexity index is 530. The summed E-state index contributed by atoms with van der Waals surface area (Å²) in [5.74, 6) is 1.15. The van der Waals surface area contributed by atoms with E-state index in [-0.39, 0.29) is 5.91 Å². The molecule has 2 aliphatic rings. The molecular formula is C18H26N2O2. The van der Waals surface area contributed by atoms with Crippen LogP contribution in [0.25, 0.3) is 0 Å². The van der Waals surface area contributed by atoms with Gasteiger partial charge in [-0.1, -0.05) is 12.1 Å². The average molecular weight is 302 g/mol. The van der Waals surface area contributed by atoms with Crippen molar-refractivity contribution < 1.29 is 9.53 Å². The molecule has 1 aromatic rings. The second-order valence-corrected chi connectivity index (χ2v) is 6.48. The third-order valence-corrected chi connectivity index (χ3v) is 5.07. The molecule has 2 unspecified atom stereocenters. The molecule has 22 heavy (non-hydrogen) atoms. The van der Waals surface area contributed by atoms with Crippen molar-refractivity contribution in [3.8, 4) is 5.75 Å². The minimum atomic E-state index is 0.251. The third kappa shape index (κ3) is 3.12. The van der Waals surface area contributed by atoms with Gasteiger partial charge in [0, 0.05) is 18.6 Å². The Morgan fingerprint density at radius 2 is 2.09 bits per heavy atom. The van der Waals surface area contributed by atoms with Crippen molar-refractivity contribution in [1.29, 1.82) is 0 Å². The molecule has 2 bridgehead atoms. The van der Waals surface area contributed by atoms with Crippen LogP contribution in [0.3, 0.4) is 0 Å². The number of carbonyl (C=O) groups excluding carboxylic acids is 1. The van der Waals surface area contributed by atoms with Gasteiger partial charge in [0.1, 0.15) is 5.75 Å². The summed E-state index contributed by atoms with van der Waals surface area (Å²) in [6.45, 7) is 6.58. The predicted molar refractivity (Wildman–Crippen MR) is 87.2 cm³/mol. The van der Waals surface area contributed by atoms with E-state index in [1.807, 2.05) is 12.1 Å². The Kier molecular flexibility index (Phi) is 4.67. The van der Waals surface area contributed by atoms with Gasteiger partial charge >= 0.3 is 0 Å². The fourth-order valence-electron chi connectivity index (χ4n) is 3.65. The predicted octanol–water partition coefficient (Wildman–Crippen LogP) is 2.43. The van der Waals surface area contributed by atoms with Crippen LogP contribution in [0.5, 0.6) is 5.75 Å². The molecule has 0 saturated carbocycles. The molecule has 2 heterocycles. The van der Waals surface area contributed by atoms with E-state index in [1.165, 1.54) is 5.56 Å². The third-order valence-electron chi connectivity index (χ3n) is 5.07. The van der Waals surface area contributed by atoms with Crippen LogP contribution in [0.15, 0.2) is 18.2 Å². The van der Waals surface area contributed by atoms with Crippen LogP contribution in [0.1, 0.15) is 36.8 Å². The van der Waals surface area contributed by atoms with Gasteiger partial charge in [0.25, 0.3) is 0 Å². The van der Waals surface area contributed by atoms with Gasteiger partial charge in [-0.3, -0.25) is 4.79 Å². The number of fused-ring (bicyclic) bond motifs is 2. The molecular weight excluding hydrogens is 276 g/mol. The van der Waals surface area contributed by atoms with Crippen molar-refractivity contribution in [2.24, 2.45) is 0 Å². The number of nitrogens with zero attached hydrogens (tertiary/aromatic N) is 1. The molecule has 0 aliphatic carbocycles. The summed E-state index contributed by atoms with van der Waals surface area (Å²) in [4.78, 5) is 14.7. The zero-order valence-electron chi connectivity index (χ0n) is 13.6. The first-order valence-electron chi connectivity index (χ1n) is 8.37. The van der Waals surface area contributed by atoms with Crippen LogP contribution in [0.4, 0.5) is 0 Å². The number of rotatable bonds is 4. The van der Waals surface area contributed by atoms with Crippen LogP contribution in [0.2, 0.25) is 0 Å². The lowest BCUT2D eigenvalue weighted by atomic mass is 10.1. The smallest absolute Gasteiger partial charge is 0.226 e. The van der Waals surface area contributed by atoms with E-state index in [9.17, 15) is 4.79 Å². The summed E-state index contributed by atoms with van der Waals surface area (Å²) in [6, 6.07) is 6.89. The number of hydrogen-bond acceptors (Lipinski definition) is 3. The topological polar surface area (TPSA) is 41.6 Å². The van der Waals surface area contributed by atoms with Crippen LogP contribution in [-0.2, 0) is 4.79 Å². The number of carbonyl (C=O) groups is 1. The van der Waals surface area contributed by atoms with Gasteiger partial charge in [-0.25, -0.2) is 0 Å². The van der Waals surface area contributed by atoms with Crippen LogP contribution in [-0.4, -0.2) is 42.6 Å². The van der Waals surface area contributed by atoms with Crippen molar-refractivity contribution in [3.63, 3.8) is 0 Å². The maximum absolute atomic E-state index is 12.6. The van der Waals surface area contributed by atoms with Crippen molar-refractivity contribution in [2.75, 3.05) is 19.7 Å². The monoisotopic (exact) mass is 302 g/mol. The zero-order chi connectivity index (χ0) is 15.5. The van der Waals surface area contributed by atoms with Gasteiger partial charge in [0.2, 0.25) is 5.91 Å². The van der Waals surface area contributed by atoms with Crippen molar-refractivity contribution >= 4 is 5.91 Å². The molecule has 4 nitrogen and oxygen atoms in total. The highest BCUT2D eigenvalue weighted by molar-refractivity contribution is 5.77. The first-order valence-corrected chi connectivity index (χ1v) is 8.37. The Morgan fingerprint density at radius 1 is 1.27 bits per heavy atom. The lowest BCUT2D eigenvalue weighted by molar-refractivity contribution is -0.134. The van der Waals surface area contributed by atoms with Gasteiger partial charge in [0.05, 0.1) is 13.0 Å². The van der Waals surface area contributed by atoms with Gasteiger partial charge in [-0.2, -0.15) is 0 Å². The summed E-state index contributed by atoms with van der Waals surface area (Å²) in [6.07, 6.45) is 3.86. The molecule has 0 aromatic heterocycles. The fraction of sp³-hybridized carbons (Fsp3) is 0.611.